The van der Waals surface area contributed by atoms with E-state index in [1.54, 1.807) is 16.8 Å². The van der Waals surface area contributed by atoms with Gasteiger partial charge in [0.25, 0.3) is 5.91 Å². The third kappa shape index (κ3) is 3.56. The van der Waals surface area contributed by atoms with Gasteiger partial charge in [-0.2, -0.15) is 10.1 Å². The molecule has 2 aromatic carbocycles. The van der Waals surface area contributed by atoms with Crippen LogP contribution in [-0.4, -0.2) is 27.3 Å². The van der Waals surface area contributed by atoms with Gasteiger partial charge in [-0.05, 0) is 32.0 Å². The Labute approximate surface area is 173 Å². The number of carbonyl (C=O) groups is 1. The monoisotopic (exact) mass is 409 g/mol. The largest absolute Gasteiger partial charge is 0.494 e. The maximum absolute atomic E-state index is 13.3. The topological polar surface area (TPSA) is 81.1 Å². The molecule has 148 valence electrons. The number of anilines is 2. The van der Waals surface area contributed by atoms with E-state index in [1.807, 2.05) is 50.2 Å². The summed E-state index contributed by atoms with van der Waals surface area (Å²) in [6.07, 6.45) is 1.46. The Kier molecular flexibility index (Phi) is 5.22. The highest BCUT2D eigenvalue weighted by atomic mass is 35.5. The Hall–Kier alpha value is -3.32. The maximum Gasteiger partial charge on any atom is 0.255 e. The minimum absolute atomic E-state index is 0.277. The lowest BCUT2D eigenvalue weighted by Gasteiger charge is -2.29. The van der Waals surface area contributed by atoms with Crippen molar-refractivity contribution in [3.05, 3.63) is 76.7 Å². The number of allylic oxidation sites excluding steroid dienone is 1. The third-order valence-electron chi connectivity index (χ3n) is 4.67. The Morgan fingerprint density at radius 3 is 2.79 bits per heavy atom. The fraction of sp³-hybridized carbons (Fsp3) is 0.190. The Morgan fingerprint density at radius 2 is 2.00 bits per heavy atom. The number of fused-ring (bicyclic) bond motifs is 1. The zero-order valence-corrected chi connectivity index (χ0v) is 16.8. The Balaban J connectivity index is 1.81. The number of aromatic nitrogens is 3. The van der Waals surface area contributed by atoms with Crippen molar-refractivity contribution in [1.29, 1.82) is 0 Å². The van der Waals surface area contributed by atoms with Crippen LogP contribution in [0.4, 0.5) is 11.6 Å². The molecule has 29 heavy (non-hydrogen) atoms. The molecule has 0 spiro atoms. The van der Waals surface area contributed by atoms with E-state index in [0.717, 1.165) is 5.56 Å². The first-order chi connectivity index (χ1) is 14.1. The van der Waals surface area contributed by atoms with Gasteiger partial charge in [-0.1, -0.05) is 41.9 Å². The first-order valence-corrected chi connectivity index (χ1v) is 9.62. The van der Waals surface area contributed by atoms with Crippen LogP contribution in [0, 0.1) is 0 Å². The summed E-state index contributed by atoms with van der Waals surface area (Å²) in [4.78, 5) is 17.6. The summed E-state index contributed by atoms with van der Waals surface area (Å²) in [6.45, 7) is 4.28. The van der Waals surface area contributed by atoms with Crippen LogP contribution in [0.1, 0.15) is 25.5 Å². The highest BCUT2D eigenvalue weighted by molar-refractivity contribution is 6.33. The number of halogens is 1. The number of para-hydroxylation sites is 2. The van der Waals surface area contributed by atoms with Crippen LogP contribution < -0.4 is 15.4 Å². The second-order valence-corrected chi connectivity index (χ2v) is 6.91. The standard InChI is InChI=1S/C21H20ClN5O2/c1-3-29-17-11-7-4-8-14(17)19-18(13(2)25-21-23-12-24-27(19)21)20(28)26-16-10-6-5-9-15(16)22/h4-12,19H,3H2,1-2H3,(H,26,28)(H,23,24,25)/t19-/m1/s1. The Morgan fingerprint density at radius 1 is 1.24 bits per heavy atom. The van der Waals surface area contributed by atoms with E-state index in [4.69, 9.17) is 16.3 Å². The van der Waals surface area contributed by atoms with Crippen molar-refractivity contribution in [3.8, 4) is 5.75 Å². The number of nitrogens with zero attached hydrogens (tertiary/aromatic N) is 3. The van der Waals surface area contributed by atoms with Gasteiger partial charge in [0.15, 0.2) is 0 Å². The first-order valence-electron chi connectivity index (χ1n) is 9.25. The van der Waals surface area contributed by atoms with Crippen molar-refractivity contribution < 1.29 is 9.53 Å². The van der Waals surface area contributed by atoms with Crippen LogP contribution in [0.2, 0.25) is 5.02 Å². The smallest absolute Gasteiger partial charge is 0.255 e. The number of benzene rings is 2. The van der Waals surface area contributed by atoms with Gasteiger partial charge in [0, 0.05) is 11.3 Å². The van der Waals surface area contributed by atoms with Gasteiger partial charge >= 0.3 is 0 Å². The molecule has 2 heterocycles. The molecule has 3 aromatic rings. The van der Waals surface area contributed by atoms with E-state index in [2.05, 4.69) is 20.7 Å². The summed E-state index contributed by atoms with van der Waals surface area (Å²) >= 11 is 6.23. The van der Waals surface area contributed by atoms with Gasteiger partial charge in [0.05, 0.1) is 22.9 Å². The predicted octanol–water partition coefficient (Wildman–Crippen LogP) is 4.26. The molecular weight excluding hydrogens is 390 g/mol. The van der Waals surface area contributed by atoms with Crippen LogP contribution >= 0.6 is 11.6 Å². The average molecular weight is 410 g/mol. The highest BCUT2D eigenvalue weighted by Crippen LogP contribution is 2.39. The van der Waals surface area contributed by atoms with Crippen LogP contribution in [0.3, 0.4) is 0 Å². The van der Waals surface area contributed by atoms with Crippen molar-refractivity contribution in [2.45, 2.75) is 19.9 Å². The minimum Gasteiger partial charge on any atom is -0.494 e. The SMILES string of the molecule is CCOc1ccccc1[C@@H]1C(C(=O)Nc2ccccc2Cl)=C(C)Nc2ncnn21. The molecule has 0 unspecified atom stereocenters. The van der Waals surface area contributed by atoms with E-state index in [-0.39, 0.29) is 5.91 Å². The number of hydrogen-bond donors (Lipinski definition) is 2. The summed E-state index contributed by atoms with van der Waals surface area (Å²) in [5.41, 5.74) is 2.56. The lowest BCUT2D eigenvalue weighted by Crippen LogP contribution is -2.31. The lowest BCUT2D eigenvalue weighted by atomic mass is 9.94. The number of hydrogen-bond acceptors (Lipinski definition) is 5. The molecule has 2 N–H and O–H groups in total. The van der Waals surface area contributed by atoms with Gasteiger partial charge in [-0.3, -0.25) is 4.79 Å². The lowest BCUT2D eigenvalue weighted by molar-refractivity contribution is -0.113. The molecule has 4 rings (SSSR count). The number of nitrogens with one attached hydrogen (secondary N) is 2. The first kappa shape index (κ1) is 19.0. The maximum atomic E-state index is 13.3. The predicted molar refractivity (Wildman–Crippen MR) is 112 cm³/mol. The summed E-state index contributed by atoms with van der Waals surface area (Å²) in [5.74, 6) is 0.979. The normalized spacial score (nSPS) is 15.5. The van der Waals surface area contributed by atoms with Crippen LogP contribution in [0.15, 0.2) is 66.1 Å². The quantitative estimate of drug-likeness (QED) is 0.658. The fourth-order valence-corrected chi connectivity index (χ4v) is 3.60. The van der Waals surface area contributed by atoms with Crippen molar-refractivity contribution >= 4 is 29.1 Å². The molecule has 1 atom stereocenters. The zero-order chi connectivity index (χ0) is 20.4. The van der Waals surface area contributed by atoms with Gasteiger partial charge in [0.1, 0.15) is 18.1 Å². The van der Waals surface area contributed by atoms with E-state index in [0.29, 0.717) is 40.3 Å². The van der Waals surface area contributed by atoms with Crippen LogP contribution in [0.5, 0.6) is 5.75 Å². The second-order valence-electron chi connectivity index (χ2n) is 6.50. The third-order valence-corrected chi connectivity index (χ3v) is 5.00. The van der Waals surface area contributed by atoms with Crippen molar-refractivity contribution in [3.63, 3.8) is 0 Å². The fourth-order valence-electron chi connectivity index (χ4n) is 3.42. The molecular formula is C21H20ClN5O2. The van der Waals surface area contributed by atoms with Crippen molar-refractivity contribution in [2.75, 3.05) is 17.2 Å². The number of rotatable bonds is 5. The summed E-state index contributed by atoms with van der Waals surface area (Å²) < 4.78 is 7.51. The molecule has 0 fully saturated rings. The summed E-state index contributed by atoms with van der Waals surface area (Å²) in [7, 11) is 0. The van der Waals surface area contributed by atoms with E-state index in [9.17, 15) is 4.79 Å². The summed E-state index contributed by atoms with van der Waals surface area (Å²) in [5, 5.41) is 10.9. The molecule has 0 radical (unpaired) electrons. The molecule has 0 saturated carbocycles. The molecule has 1 aliphatic heterocycles. The molecule has 7 nitrogen and oxygen atoms in total. The molecule has 0 aliphatic carbocycles. The zero-order valence-electron chi connectivity index (χ0n) is 16.0. The van der Waals surface area contributed by atoms with Crippen molar-refractivity contribution in [1.82, 2.24) is 14.8 Å². The van der Waals surface area contributed by atoms with E-state index >= 15 is 0 Å². The second kappa shape index (κ2) is 7.97. The van der Waals surface area contributed by atoms with E-state index < -0.39 is 6.04 Å². The Bertz CT molecular complexity index is 1090. The van der Waals surface area contributed by atoms with Crippen LogP contribution in [0.25, 0.3) is 0 Å². The average Bonchev–Trinajstić information content (AvgIpc) is 3.17. The molecule has 1 aromatic heterocycles. The molecule has 1 aliphatic rings. The van der Waals surface area contributed by atoms with Gasteiger partial charge < -0.3 is 15.4 Å². The molecule has 1 amide bonds. The molecule has 0 saturated heterocycles. The number of amides is 1. The minimum atomic E-state index is -0.501. The summed E-state index contributed by atoms with van der Waals surface area (Å²) in [6, 6.07) is 14.3. The van der Waals surface area contributed by atoms with Crippen molar-refractivity contribution in [2.24, 2.45) is 0 Å². The molecule has 0 bridgehead atoms. The number of ether oxygens (including phenoxy) is 1. The van der Waals surface area contributed by atoms with Gasteiger partial charge in [0.2, 0.25) is 5.95 Å². The highest BCUT2D eigenvalue weighted by Gasteiger charge is 2.35. The number of carbonyl (C=O) groups excluding carboxylic acids is 1. The van der Waals surface area contributed by atoms with E-state index in [1.165, 1.54) is 6.33 Å². The van der Waals surface area contributed by atoms with Gasteiger partial charge in [-0.15, -0.1) is 0 Å². The van der Waals surface area contributed by atoms with Gasteiger partial charge in [-0.25, -0.2) is 4.68 Å². The molecule has 8 heteroatoms. The van der Waals surface area contributed by atoms with Crippen LogP contribution in [-0.2, 0) is 4.79 Å².